The number of fused-ring (bicyclic) bond motifs is 3. The number of nitrogens with zero attached hydrogens (tertiary/aromatic N) is 2. The van der Waals surface area contributed by atoms with E-state index in [9.17, 15) is 14.7 Å². The first-order valence-electron chi connectivity index (χ1n) is 12.0. The maximum Gasteiger partial charge on any atom is 0.414 e. The first-order chi connectivity index (χ1) is 17.1. The average Bonchev–Trinajstić information content (AvgIpc) is 3.22. The number of nitrogens with one attached hydrogen (secondary N) is 1. The number of ether oxygens (including phenoxy) is 1. The van der Waals surface area contributed by atoms with E-state index in [1.54, 1.807) is 17.0 Å². The summed E-state index contributed by atoms with van der Waals surface area (Å²) in [5.74, 6) is -1.01. The van der Waals surface area contributed by atoms with E-state index in [0.717, 1.165) is 26.2 Å². The molecule has 3 aromatic rings. The van der Waals surface area contributed by atoms with Gasteiger partial charge in [-0.25, -0.2) is 9.59 Å². The molecular formula is C28H29N3O4. The van der Waals surface area contributed by atoms with Crippen LogP contribution in [0.15, 0.2) is 72.8 Å². The van der Waals surface area contributed by atoms with Gasteiger partial charge in [-0.3, -0.25) is 9.80 Å². The number of aromatic carboxylic acids is 1. The minimum absolute atomic E-state index is 0.0178. The van der Waals surface area contributed by atoms with Crippen molar-refractivity contribution in [3.63, 3.8) is 0 Å². The summed E-state index contributed by atoms with van der Waals surface area (Å²) in [6.45, 7) is 5.13. The highest BCUT2D eigenvalue weighted by Crippen LogP contribution is 2.44. The first kappa shape index (κ1) is 23.1. The van der Waals surface area contributed by atoms with Crippen LogP contribution in [0.5, 0.6) is 0 Å². The van der Waals surface area contributed by atoms with Crippen LogP contribution >= 0.6 is 0 Å². The summed E-state index contributed by atoms with van der Waals surface area (Å²) in [6.07, 6.45) is -0.426. The van der Waals surface area contributed by atoms with Crippen LogP contribution in [-0.4, -0.2) is 67.9 Å². The fourth-order valence-corrected chi connectivity index (χ4v) is 4.96. The van der Waals surface area contributed by atoms with Gasteiger partial charge in [0.1, 0.15) is 6.61 Å². The predicted molar refractivity (Wildman–Crippen MR) is 135 cm³/mol. The fraction of sp³-hybridized carbons (Fsp3) is 0.286. The van der Waals surface area contributed by atoms with Gasteiger partial charge in [0, 0.05) is 50.9 Å². The second kappa shape index (κ2) is 10.3. The van der Waals surface area contributed by atoms with Gasteiger partial charge in [0.05, 0.1) is 5.56 Å². The zero-order chi connectivity index (χ0) is 24.2. The Balaban J connectivity index is 1.34. The van der Waals surface area contributed by atoms with E-state index < -0.39 is 12.1 Å². The monoisotopic (exact) mass is 471 g/mol. The zero-order valence-corrected chi connectivity index (χ0v) is 19.5. The second-order valence-corrected chi connectivity index (χ2v) is 8.90. The van der Waals surface area contributed by atoms with Crippen LogP contribution in [0.25, 0.3) is 11.1 Å². The minimum Gasteiger partial charge on any atom is -0.478 e. The molecule has 0 radical (unpaired) electrons. The van der Waals surface area contributed by atoms with Crippen molar-refractivity contribution in [1.29, 1.82) is 0 Å². The van der Waals surface area contributed by atoms with E-state index in [-0.39, 0.29) is 18.1 Å². The van der Waals surface area contributed by atoms with Crippen LogP contribution in [0, 0.1) is 0 Å². The Morgan fingerprint density at radius 3 is 2.11 bits per heavy atom. The van der Waals surface area contributed by atoms with Crippen molar-refractivity contribution in [2.75, 3.05) is 50.8 Å². The SMILES string of the molecule is O=C(O)c1ccc(N(CCN2CCNCC2)C(=O)OCC2c3ccccc3-c3ccccc32)cc1. The largest absolute Gasteiger partial charge is 0.478 e. The van der Waals surface area contributed by atoms with E-state index in [0.29, 0.717) is 18.8 Å². The van der Waals surface area contributed by atoms with Crippen molar-refractivity contribution in [3.05, 3.63) is 89.5 Å². The molecule has 2 N–H and O–H groups in total. The fourth-order valence-electron chi connectivity index (χ4n) is 4.96. The molecule has 0 aromatic heterocycles. The Morgan fingerprint density at radius 1 is 0.914 bits per heavy atom. The predicted octanol–water partition coefficient (Wildman–Crippen LogP) is 4.05. The van der Waals surface area contributed by atoms with E-state index in [1.165, 1.54) is 34.4 Å². The number of hydrogen-bond donors (Lipinski definition) is 2. The molecule has 1 saturated heterocycles. The molecule has 3 aromatic carbocycles. The molecule has 7 nitrogen and oxygen atoms in total. The molecule has 0 saturated carbocycles. The van der Waals surface area contributed by atoms with Gasteiger partial charge in [0.2, 0.25) is 0 Å². The van der Waals surface area contributed by atoms with Gasteiger partial charge in [0.25, 0.3) is 0 Å². The van der Waals surface area contributed by atoms with Crippen molar-refractivity contribution in [1.82, 2.24) is 10.2 Å². The number of carboxylic acids is 1. The topological polar surface area (TPSA) is 82.1 Å². The number of piperazine rings is 1. The van der Waals surface area contributed by atoms with E-state index in [2.05, 4.69) is 34.5 Å². The molecule has 1 amide bonds. The highest BCUT2D eigenvalue weighted by molar-refractivity contribution is 5.91. The Kier molecular flexibility index (Phi) is 6.79. The maximum atomic E-state index is 13.4. The number of amides is 1. The van der Waals surface area contributed by atoms with Crippen molar-refractivity contribution in [2.45, 2.75) is 5.92 Å². The molecule has 0 spiro atoms. The third kappa shape index (κ3) is 4.92. The number of carbonyl (C=O) groups is 2. The zero-order valence-electron chi connectivity index (χ0n) is 19.5. The highest BCUT2D eigenvalue weighted by atomic mass is 16.6. The summed E-state index contributed by atoms with van der Waals surface area (Å²) >= 11 is 0. The molecule has 1 heterocycles. The molecule has 1 aliphatic carbocycles. The van der Waals surface area contributed by atoms with Crippen molar-refractivity contribution < 1.29 is 19.4 Å². The van der Waals surface area contributed by atoms with E-state index in [1.807, 2.05) is 24.3 Å². The molecule has 7 heteroatoms. The van der Waals surface area contributed by atoms with Crippen LogP contribution in [0.3, 0.4) is 0 Å². The van der Waals surface area contributed by atoms with Gasteiger partial charge in [-0.1, -0.05) is 48.5 Å². The van der Waals surface area contributed by atoms with Crippen LogP contribution in [0.1, 0.15) is 27.4 Å². The molecule has 2 aliphatic rings. The lowest BCUT2D eigenvalue weighted by atomic mass is 9.98. The molecule has 35 heavy (non-hydrogen) atoms. The summed E-state index contributed by atoms with van der Waals surface area (Å²) in [5.41, 5.74) is 5.51. The summed E-state index contributed by atoms with van der Waals surface area (Å²) in [7, 11) is 0. The average molecular weight is 472 g/mol. The van der Waals surface area contributed by atoms with Gasteiger partial charge in [-0.15, -0.1) is 0 Å². The normalized spacial score (nSPS) is 15.3. The molecule has 0 atom stereocenters. The van der Waals surface area contributed by atoms with Crippen molar-refractivity contribution in [3.8, 4) is 11.1 Å². The lowest BCUT2D eigenvalue weighted by Crippen LogP contribution is -2.47. The standard InChI is InChI=1S/C28H29N3O4/c32-27(33)20-9-11-21(12-10-20)31(18-17-30-15-13-29-14-16-30)28(34)35-19-26-24-7-3-1-5-22(24)23-6-2-4-8-25(23)26/h1-12,26,29H,13-19H2,(H,32,33). The number of hydrogen-bond acceptors (Lipinski definition) is 5. The Morgan fingerprint density at radius 2 is 1.51 bits per heavy atom. The summed E-state index contributed by atoms with van der Waals surface area (Å²) < 4.78 is 5.91. The number of rotatable bonds is 7. The third-order valence-electron chi connectivity index (χ3n) is 6.83. The third-order valence-corrected chi connectivity index (χ3v) is 6.83. The lowest BCUT2D eigenvalue weighted by molar-refractivity contribution is 0.0697. The molecule has 180 valence electrons. The van der Waals surface area contributed by atoms with Gasteiger partial charge >= 0.3 is 12.1 Å². The molecular weight excluding hydrogens is 442 g/mol. The van der Waals surface area contributed by atoms with Gasteiger partial charge < -0.3 is 15.2 Å². The molecule has 1 aliphatic heterocycles. The lowest BCUT2D eigenvalue weighted by Gasteiger charge is -2.30. The summed E-state index contributed by atoms with van der Waals surface area (Å²) in [6, 6.07) is 22.9. The number of anilines is 1. The second-order valence-electron chi connectivity index (χ2n) is 8.90. The summed E-state index contributed by atoms with van der Waals surface area (Å²) in [5, 5.41) is 12.6. The van der Waals surface area contributed by atoms with Gasteiger partial charge in [-0.2, -0.15) is 0 Å². The van der Waals surface area contributed by atoms with Crippen LogP contribution in [-0.2, 0) is 4.74 Å². The molecule has 0 bridgehead atoms. The van der Waals surface area contributed by atoms with Crippen molar-refractivity contribution >= 4 is 17.7 Å². The quantitative estimate of drug-likeness (QED) is 0.541. The number of carboxylic acid groups (broad SMARTS) is 1. The number of benzene rings is 3. The van der Waals surface area contributed by atoms with E-state index >= 15 is 0 Å². The smallest absolute Gasteiger partial charge is 0.414 e. The van der Waals surface area contributed by atoms with Crippen LogP contribution < -0.4 is 10.2 Å². The summed E-state index contributed by atoms with van der Waals surface area (Å²) in [4.78, 5) is 28.6. The van der Waals surface area contributed by atoms with Crippen LogP contribution in [0.4, 0.5) is 10.5 Å². The van der Waals surface area contributed by atoms with E-state index in [4.69, 9.17) is 4.74 Å². The van der Waals surface area contributed by atoms with Gasteiger partial charge in [0.15, 0.2) is 0 Å². The maximum absolute atomic E-state index is 13.4. The first-order valence-corrected chi connectivity index (χ1v) is 12.0. The minimum atomic E-state index is -0.995. The Labute approximate surface area is 204 Å². The molecule has 0 unspecified atom stereocenters. The molecule has 5 rings (SSSR count). The molecule has 1 fully saturated rings. The number of carbonyl (C=O) groups excluding carboxylic acids is 1. The Hall–Kier alpha value is -3.68. The van der Waals surface area contributed by atoms with Crippen molar-refractivity contribution in [2.24, 2.45) is 0 Å². The highest BCUT2D eigenvalue weighted by Gasteiger charge is 2.30. The van der Waals surface area contributed by atoms with Crippen LogP contribution in [0.2, 0.25) is 0 Å². The Bertz CT molecular complexity index is 1160. The van der Waals surface area contributed by atoms with Gasteiger partial charge in [-0.05, 0) is 46.5 Å².